The Morgan fingerprint density at radius 2 is 1.60 bits per heavy atom. The minimum Gasteiger partial charge on any atom is -0.354 e. The van der Waals surface area contributed by atoms with E-state index in [0.717, 1.165) is 48.4 Å². The standard InChI is InChI=1S/C25H32N4O/c1-4-28(5-2)18-12-17-26-25(30)20(3)29-24(22-15-10-7-11-16-22)23(19-27-29)21-13-8-6-9-14-21/h6-11,13-16,19-20H,4-5,12,17-18H2,1-3H3,(H,26,30). The van der Waals surface area contributed by atoms with Gasteiger partial charge in [0.05, 0.1) is 11.9 Å². The lowest BCUT2D eigenvalue weighted by atomic mass is 10.0. The highest BCUT2D eigenvalue weighted by Gasteiger charge is 2.22. The fraction of sp³-hybridized carbons (Fsp3) is 0.360. The van der Waals surface area contributed by atoms with E-state index in [-0.39, 0.29) is 5.91 Å². The zero-order valence-electron chi connectivity index (χ0n) is 18.2. The molecular weight excluding hydrogens is 372 g/mol. The summed E-state index contributed by atoms with van der Waals surface area (Å²) in [5.41, 5.74) is 4.14. The number of amides is 1. The van der Waals surface area contributed by atoms with Crippen LogP contribution in [-0.2, 0) is 4.79 Å². The van der Waals surface area contributed by atoms with Gasteiger partial charge in [-0.3, -0.25) is 9.48 Å². The van der Waals surface area contributed by atoms with Crippen LogP contribution in [0.25, 0.3) is 22.4 Å². The van der Waals surface area contributed by atoms with E-state index in [1.165, 1.54) is 0 Å². The van der Waals surface area contributed by atoms with Gasteiger partial charge in [0.25, 0.3) is 0 Å². The predicted molar refractivity (Wildman–Crippen MR) is 123 cm³/mol. The van der Waals surface area contributed by atoms with Gasteiger partial charge in [-0.25, -0.2) is 0 Å². The number of nitrogens with zero attached hydrogens (tertiary/aromatic N) is 3. The van der Waals surface area contributed by atoms with Crippen molar-refractivity contribution in [2.45, 2.75) is 33.2 Å². The smallest absolute Gasteiger partial charge is 0.244 e. The van der Waals surface area contributed by atoms with Crippen LogP contribution in [0.3, 0.4) is 0 Å². The van der Waals surface area contributed by atoms with Crippen LogP contribution in [0.2, 0.25) is 0 Å². The Bertz CT molecular complexity index is 917. The van der Waals surface area contributed by atoms with Crippen molar-refractivity contribution in [2.24, 2.45) is 0 Å². The third-order valence-electron chi connectivity index (χ3n) is 5.52. The summed E-state index contributed by atoms with van der Waals surface area (Å²) in [6, 6.07) is 20.0. The summed E-state index contributed by atoms with van der Waals surface area (Å²) in [6.07, 6.45) is 2.81. The van der Waals surface area contributed by atoms with Crippen LogP contribution >= 0.6 is 0 Å². The van der Waals surface area contributed by atoms with Crippen LogP contribution in [0.5, 0.6) is 0 Å². The van der Waals surface area contributed by atoms with Gasteiger partial charge in [0, 0.05) is 17.7 Å². The maximum Gasteiger partial charge on any atom is 0.244 e. The van der Waals surface area contributed by atoms with Gasteiger partial charge in [-0.15, -0.1) is 0 Å². The number of hydrogen-bond donors (Lipinski definition) is 1. The Kier molecular flexibility index (Phi) is 7.80. The maximum absolute atomic E-state index is 12.9. The minimum atomic E-state index is -0.397. The topological polar surface area (TPSA) is 50.2 Å². The molecule has 1 unspecified atom stereocenters. The summed E-state index contributed by atoms with van der Waals surface area (Å²) in [7, 11) is 0. The van der Waals surface area contributed by atoms with Crippen molar-refractivity contribution in [2.75, 3.05) is 26.2 Å². The lowest BCUT2D eigenvalue weighted by Gasteiger charge is -2.19. The summed E-state index contributed by atoms with van der Waals surface area (Å²) < 4.78 is 1.84. The number of aromatic nitrogens is 2. The van der Waals surface area contributed by atoms with Gasteiger partial charge in [0.2, 0.25) is 5.91 Å². The molecule has 0 saturated carbocycles. The highest BCUT2D eigenvalue weighted by Crippen LogP contribution is 2.33. The minimum absolute atomic E-state index is 0.00515. The number of carbonyl (C=O) groups is 1. The van der Waals surface area contributed by atoms with Gasteiger partial charge in [-0.1, -0.05) is 74.5 Å². The van der Waals surface area contributed by atoms with E-state index in [2.05, 4.69) is 53.4 Å². The molecule has 0 aliphatic carbocycles. The summed E-state index contributed by atoms with van der Waals surface area (Å²) in [4.78, 5) is 15.2. The van der Waals surface area contributed by atoms with Gasteiger partial charge in [-0.2, -0.15) is 5.10 Å². The molecule has 5 heteroatoms. The van der Waals surface area contributed by atoms with E-state index in [9.17, 15) is 4.79 Å². The van der Waals surface area contributed by atoms with Crippen molar-refractivity contribution in [3.05, 3.63) is 66.9 Å². The summed E-state index contributed by atoms with van der Waals surface area (Å²) in [5, 5.41) is 7.71. The molecule has 30 heavy (non-hydrogen) atoms. The second kappa shape index (κ2) is 10.7. The molecule has 0 saturated heterocycles. The molecule has 0 fully saturated rings. The summed E-state index contributed by atoms with van der Waals surface area (Å²) >= 11 is 0. The highest BCUT2D eigenvalue weighted by molar-refractivity contribution is 5.84. The molecule has 1 N–H and O–H groups in total. The van der Waals surface area contributed by atoms with Gasteiger partial charge < -0.3 is 10.2 Å². The molecule has 3 rings (SSSR count). The van der Waals surface area contributed by atoms with Crippen molar-refractivity contribution >= 4 is 5.91 Å². The molecule has 1 aromatic heterocycles. The fourth-order valence-electron chi connectivity index (χ4n) is 3.68. The Hall–Kier alpha value is -2.92. The Labute approximate surface area is 179 Å². The SMILES string of the molecule is CCN(CC)CCCNC(=O)C(C)n1ncc(-c2ccccc2)c1-c1ccccc1. The molecule has 0 radical (unpaired) electrons. The average Bonchev–Trinajstić information content (AvgIpc) is 3.25. The van der Waals surface area contributed by atoms with Crippen LogP contribution in [0.4, 0.5) is 0 Å². The van der Waals surface area contributed by atoms with E-state index in [4.69, 9.17) is 0 Å². The van der Waals surface area contributed by atoms with Crippen LogP contribution in [0.1, 0.15) is 33.2 Å². The van der Waals surface area contributed by atoms with E-state index in [1.54, 1.807) is 0 Å². The van der Waals surface area contributed by atoms with Gasteiger partial charge in [0.1, 0.15) is 6.04 Å². The molecule has 0 bridgehead atoms. The molecule has 0 spiro atoms. The molecular formula is C25H32N4O. The molecule has 1 atom stereocenters. The fourth-order valence-corrected chi connectivity index (χ4v) is 3.68. The Morgan fingerprint density at radius 1 is 1.00 bits per heavy atom. The number of carbonyl (C=O) groups excluding carboxylic acids is 1. The van der Waals surface area contributed by atoms with Gasteiger partial charge >= 0.3 is 0 Å². The first kappa shape index (κ1) is 21.8. The molecule has 5 nitrogen and oxygen atoms in total. The molecule has 2 aromatic carbocycles. The highest BCUT2D eigenvalue weighted by atomic mass is 16.2. The van der Waals surface area contributed by atoms with Crippen molar-refractivity contribution in [1.82, 2.24) is 20.0 Å². The van der Waals surface area contributed by atoms with Crippen LogP contribution < -0.4 is 5.32 Å². The zero-order valence-corrected chi connectivity index (χ0v) is 18.2. The maximum atomic E-state index is 12.9. The molecule has 1 amide bonds. The number of nitrogens with one attached hydrogen (secondary N) is 1. The second-order valence-corrected chi connectivity index (χ2v) is 7.43. The van der Waals surface area contributed by atoms with Gasteiger partial charge in [0.15, 0.2) is 0 Å². The predicted octanol–water partition coefficient (Wildman–Crippen LogP) is 4.63. The Balaban J connectivity index is 1.80. The molecule has 158 valence electrons. The average molecular weight is 405 g/mol. The molecule has 0 aliphatic rings. The lowest BCUT2D eigenvalue weighted by Crippen LogP contribution is -2.34. The first-order valence-electron chi connectivity index (χ1n) is 10.8. The summed E-state index contributed by atoms with van der Waals surface area (Å²) in [5.74, 6) is -0.00515. The van der Waals surface area contributed by atoms with E-state index in [1.807, 2.05) is 54.2 Å². The molecule has 0 aliphatic heterocycles. The van der Waals surface area contributed by atoms with Crippen molar-refractivity contribution in [1.29, 1.82) is 0 Å². The zero-order chi connectivity index (χ0) is 21.3. The number of benzene rings is 2. The van der Waals surface area contributed by atoms with Crippen molar-refractivity contribution < 1.29 is 4.79 Å². The molecule has 3 aromatic rings. The molecule has 1 heterocycles. The summed E-state index contributed by atoms with van der Waals surface area (Å²) in [6.45, 7) is 9.99. The van der Waals surface area contributed by atoms with Gasteiger partial charge in [-0.05, 0) is 38.5 Å². The normalized spacial score (nSPS) is 12.1. The Morgan fingerprint density at radius 3 is 2.20 bits per heavy atom. The van der Waals surface area contributed by atoms with Crippen molar-refractivity contribution in [3.8, 4) is 22.4 Å². The van der Waals surface area contributed by atoms with Crippen LogP contribution in [0, 0.1) is 0 Å². The second-order valence-electron chi connectivity index (χ2n) is 7.43. The first-order valence-corrected chi connectivity index (χ1v) is 10.8. The monoisotopic (exact) mass is 404 g/mol. The van der Waals surface area contributed by atoms with E-state index in [0.29, 0.717) is 6.54 Å². The van der Waals surface area contributed by atoms with Crippen LogP contribution in [0.15, 0.2) is 66.9 Å². The van der Waals surface area contributed by atoms with E-state index < -0.39 is 6.04 Å². The largest absolute Gasteiger partial charge is 0.354 e. The quantitative estimate of drug-likeness (QED) is 0.502. The van der Waals surface area contributed by atoms with E-state index >= 15 is 0 Å². The number of rotatable bonds is 10. The van der Waals surface area contributed by atoms with Crippen LogP contribution in [-0.4, -0.2) is 46.8 Å². The van der Waals surface area contributed by atoms with Crippen molar-refractivity contribution in [3.63, 3.8) is 0 Å². The lowest BCUT2D eigenvalue weighted by molar-refractivity contribution is -0.124. The number of hydrogen-bond acceptors (Lipinski definition) is 3. The first-order chi connectivity index (χ1) is 14.7. The third-order valence-corrected chi connectivity index (χ3v) is 5.52. The third kappa shape index (κ3) is 5.16.